The van der Waals surface area contributed by atoms with Crippen LogP contribution in [-0.4, -0.2) is 45.3 Å². The summed E-state index contributed by atoms with van der Waals surface area (Å²) in [5.41, 5.74) is 0.432. The number of hydrogen-bond acceptors (Lipinski definition) is 4. The van der Waals surface area contributed by atoms with Crippen LogP contribution in [0, 0.1) is 0 Å². The summed E-state index contributed by atoms with van der Waals surface area (Å²) in [6.07, 6.45) is -4.47. The van der Waals surface area contributed by atoms with Gasteiger partial charge in [-0.3, -0.25) is 0 Å². The van der Waals surface area contributed by atoms with E-state index in [4.69, 9.17) is 0 Å². The fourth-order valence-corrected chi connectivity index (χ4v) is 2.77. The minimum Gasteiger partial charge on any atom is -0.508 e. The molecule has 0 bridgehead atoms. The van der Waals surface area contributed by atoms with Gasteiger partial charge in [-0.15, -0.1) is 11.8 Å². The molecule has 0 saturated heterocycles. The first-order valence-electron chi connectivity index (χ1n) is 7.35. The van der Waals surface area contributed by atoms with Crippen LogP contribution in [0.3, 0.4) is 0 Å². The average molecular weight is 418 g/mol. The Hall–Kier alpha value is -2.11. The van der Waals surface area contributed by atoms with Crippen LogP contribution in [0.2, 0.25) is 0 Å². The first-order chi connectivity index (χ1) is 12.4. The second kappa shape index (κ2) is 7.49. The smallest absolute Gasteiger partial charge is 0.460 e. The van der Waals surface area contributed by atoms with Crippen molar-refractivity contribution in [2.24, 2.45) is 0 Å². The van der Waals surface area contributed by atoms with Crippen molar-refractivity contribution in [3.8, 4) is 17.2 Å². The molecule has 0 aliphatic carbocycles. The SMILES string of the molecule is CCSc1cc(O)ccc1-n1cc(OCC(F)(F)C(F)(F)C(F)(F)F)cn1. The molecule has 2 rings (SSSR count). The van der Waals surface area contributed by atoms with E-state index >= 15 is 0 Å². The molecular formula is C15H13F7N2O2S. The van der Waals surface area contributed by atoms with Crippen molar-refractivity contribution in [3.05, 3.63) is 30.6 Å². The van der Waals surface area contributed by atoms with Gasteiger partial charge in [0.05, 0.1) is 18.1 Å². The lowest BCUT2D eigenvalue weighted by atomic mass is 10.2. The van der Waals surface area contributed by atoms with E-state index in [-0.39, 0.29) is 5.75 Å². The number of nitrogens with zero attached hydrogens (tertiary/aromatic N) is 2. The lowest BCUT2D eigenvalue weighted by Gasteiger charge is -2.27. The van der Waals surface area contributed by atoms with E-state index in [9.17, 15) is 35.8 Å². The summed E-state index contributed by atoms with van der Waals surface area (Å²) >= 11 is 1.34. The number of halogens is 7. The van der Waals surface area contributed by atoms with E-state index in [1.54, 1.807) is 0 Å². The van der Waals surface area contributed by atoms with Crippen molar-refractivity contribution in [3.63, 3.8) is 0 Å². The Morgan fingerprint density at radius 2 is 1.81 bits per heavy atom. The highest BCUT2D eigenvalue weighted by molar-refractivity contribution is 7.99. The summed E-state index contributed by atoms with van der Waals surface area (Å²) in [4.78, 5) is 0.584. The molecule has 0 aliphatic rings. The lowest BCUT2D eigenvalue weighted by molar-refractivity contribution is -0.358. The van der Waals surface area contributed by atoms with Gasteiger partial charge in [0.2, 0.25) is 0 Å². The van der Waals surface area contributed by atoms with Crippen molar-refractivity contribution in [2.75, 3.05) is 12.4 Å². The number of phenolic OH excluding ortho intramolecular Hbond substituents is 1. The van der Waals surface area contributed by atoms with E-state index in [0.717, 1.165) is 17.1 Å². The standard InChI is InChI=1S/C15H13F7N2O2S/c1-2-27-12-5-9(25)3-4-11(12)24-7-10(6-23-24)26-8-13(16,17)14(18,19)15(20,21)22/h3-7,25H,2,8H2,1H3. The molecule has 2 aromatic rings. The van der Waals surface area contributed by atoms with E-state index in [0.29, 0.717) is 16.3 Å². The highest BCUT2D eigenvalue weighted by atomic mass is 32.2. The first-order valence-corrected chi connectivity index (χ1v) is 8.33. The quantitative estimate of drug-likeness (QED) is 0.513. The lowest BCUT2D eigenvalue weighted by Crippen LogP contribution is -2.54. The van der Waals surface area contributed by atoms with Crippen molar-refractivity contribution in [2.45, 2.75) is 29.8 Å². The van der Waals surface area contributed by atoms with Crippen LogP contribution in [0.15, 0.2) is 35.5 Å². The third kappa shape index (κ3) is 4.42. The first kappa shape index (κ1) is 21.2. The van der Waals surface area contributed by atoms with Crippen LogP contribution in [0.1, 0.15) is 6.92 Å². The van der Waals surface area contributed by atoms with Gasteiger partial charge >= 0.3 is 18.0 Å². The number of benzene rings is 1. The predicted molar refractivity (Wildman–Crippen MR) is 83.1 cm³/mol. The van der Waals surface area contributed by atoms with Crippen LogP contribution < -0.4 is 4.74 Å². The number of rotatable bonds is 7. The molecule has 0 saturated carbocycles. The van der Waals surface area contributed by atoms with Gasteiger partial charge in [-0.2, -0.15) is 35.8 Å². The molecule has 27 heavy (non-hydrogen) atoms. The summed E-state index contributed by atoms with van der Waals surface area (Å²) in [5.74, 6) is -11.5. The highest BCUT2D eigenvalue weighted by Crippen LogP contribution is 2.46. The minimum absolute atomic E-state index is 0.0210. The zero-order valence-electron chi connectivity index (χ0n) is 13.6. The van der Waals surface area contributed by atoms with E-state index in [2.05, 4.69) is 9.84 Å². The van der Waals surface area contributed by atoms with Gasteiger partial charge in [0, 0.05) is 4.90 Å². The number of alkyl halides is 7. The molecule has 0 aliphatic heterocycles. The second-order valence-corrected chi connectivity index (χ2v) is 6.58. The Bertz CT molecular complexity index is 793. The van der Waals surface area contributed by atoms with Crippen molar-refractivity contribution in [1.82, 2.24) is 9.78 Å². The van der Waals surface area contributed by atoms with Gasteiger partial charge in [-0.25, -0.2) is 4.68 Å². The van der Waals surface area contributed by atoms with Gasteiger partial charge in [0.25, 0.3) is 0 Å². The number of hydrogen-bond donors (Lipinski definition) is 1. The zero-order valence-corrected chi connectivity index (χ0v) is 14.4. The van der Waals surface area contributed by atoms with Crippen LogP contribution in [0.4, 0.5) is 30.7 Å². The van der Waals surface area contributed by atoms with Crippen molar-refractivity contribution in [1.29, 1.82) is 0 Å². The molecule has 1 heterocycles. The molecule has 4 nitrogen and oxygen atoms in total. The summed E-state index contributed by atoms with van der Waals surface area (Å²) < 4.78 is 94.1. The van der Waals surface area contributed by atoms with Crippen LogP contribution >= 0.6 is 11.8 Å². The van der Waals surface area contributed by atoms with Gasteiger partial charge in [0.15, 0.2) is 12.4 Å². The van der Waals surface area contributed by atoms with Gasteiger partial charge in [0.1, 0.15) is 5.75 Å². The third-order valence-corrected chi connectivity index (χ3v) is 4.21. The minimum atomic E-state index is -6.41. The summed E-state index contributed by atoms with van der Waals surface area (Å²) in [7, 11) is 0. The Balaban J connectivity index is 2.18. The number of ether oxygens (including phenoxy) is 1. The van der Waals surface area contributed by atoms with E-state index in [1.807, 2.05) is 6.92 Å². The van der Waals surface area contributed by atoms with Crippen LogP contribution in [0.25, 0.3) is 5.69 Å². The van der Waals surface area contributed by atoms with Gasteiger partial charge in [-0.05, 0) is 24.0 Å². The largest absolute Gasteiger partial charge is 0.508 e. The van der Waals surface area contributed by atoms with Crippen LogP contribution in [0.5, 0.6) is 11.5 Å². The maximum absolute atomic E-state index is 13.3. The molecule has 0 amide bonds. The zero-order chi connectivity index (χ0) is 20.5. The molecular weight excluding hydrogens is 405 g/mol. The van der Waals surface area contributed by atoms with E-state index in [1.165, 1.54) is 30.0 Å². The summed E-state index contributed by atoms with van der Waals surface area (Å²) in [6.45, 7) is -0.337. The number of phenols is 1. The second-order valence-electron chi connectivity index (χ2n) is 5.27. The molecule has 0 atom stereocenters. The fraction of sp³-hybridized carbons (Fsp3) is 0.400. The van der Waals surface area contributed by atoms with Gasteiger partial charge in [-0.1, -0.05) is 6.92 Å². The van der Waals surface area contributed by atoms with Gasteiger partial charge < -0.3 is 9.84 Å². The Kier molecular flexibility index (Phi) is 5.88. The third-order valence-electron chi connectivity index (χ3n) is 3.28. The molecule has 1 aromatic carbocycles. The maximum atomic E-state index is 13.3. The normalized spacial score (nSPS) is 13.0. The monoisotopic (exact) mass is 418 g/mol. The molecule has 0 spiro atoms. The topological polar surface area (TPSA) is 47.3 Å². The Labute approximate surface area is 152 Å². The van der Waals surface area contributed by atoms with Crippen LogP contribution in [-0.2, 0) is 0 Å². The summed E-state index contributed by atoms with van der Waals surface area (Å²) in [5, 5.41) is 13.3. The number of aromatic hydroxyl groups is 1. The molecule has 0 radical (unpaired) electrons. The average Bonchev–Trinajstić information content (AvgIpc) is 3.01. The molecule has 0 unspecified atom stereocenters. The number of thioether (sulfide) groups is 1. The van der Waals surface area contributed by atoms with Crippen molar-refractivity contribution >= 4 is 11.8 Å². The summed E-state index contributed by atoms with van der Waals surface area (Å²) in [6, 6.07) is 4.25. The Morgan fingerprint density at radius 3 is 2.41 bits per heavy atom. The molecule has 12 heteroatoms. The predicted octanol–water partition coefficient (Wildman–Crippen LogP) is 4.90. The highest BCUT2D eigenvalue weighted by Gasteiger charge is 2.73. The molecule has 1 aromatic heterocycles. The van der Waals surface area contributed by atoms with Crippen molar-refractivity contribution < 1.29 is 40.6 Å². The maximum Gasteiger partial charge on any atom is 0.460 e. The molecule has 150 valence electrons. The Morgan fingerprint density at radius 1 is 1.15 bits per heavy atom. The molecule has 0 fully saturated rings. The van der Waals surface area contributed by atoms with E-state index < -0.39 is 30.4 Å². The number of aromatic nitrogens is 2. The fourth-order valence-electron chi connectivity index (χ4n) is 1.95. The molecule has 1 N–H and O–H groups in total.